The summed E-state index contributed by atoms with van der Waals surface area (Å²) in [6, 6.07) is 7.65. The Kier molecular flexibility index (Phi) is 3.82. The molecule has 0 saturated heterocycles. The van der Waals surface area contributed by atoms with Crippen LogP contribution < -0.4 is 5.32 Å². The molecule has 1 N–H and O–H groups in total. The molecule has 0 bridgehead atoms. The van der Waals surface area contributed by atoms with Crippen molar-refractivity contribution in [3.8, 4) is 0 Å². The quantitative estimate of drug-likeness (QED) is 0.897. The van der Waals surface area contributed by atoms with Crippen LogP contribution in [0.3, 0.4) is 0 Å². The van der Waals surface area contributed by atoms with Crippen LogP contribution >= 0.6 is 0 Å². The number of rotatable bonds is 4. The molecule has 1 heterocycles. The van der Waals surface area contributed by atoms with Crippen molar-refractivity contribution in [1.29, 1.82) is 0 Å². The van der Waals surface area contributed by atoms with Gasteiger partial charge in [-0.05, 0) is 55.2 Å². The highest BCUT2D eigenvalue weighted by Gasteiger charge is 2.06. The highest BCUT2D eigenvalue weighted by molar-refractivity contribution is 5.94. The Hall–Kier alpha value is -2.03. The number of nitrogens with one attached hydrogen (secondary N) is 1. The van der Waals surface area contributed by atoms with Gasteiger partial charge in [-0.2, -0.15) is 0 Å². The van der Waals surface area contributed by atoms with Crippen LogP contribution in [0.2, 0.25) is 0 Å². The average molecular weight is 243 g/mol. The average Bonchev–Trinajstić information content (AvgIpc) is 2.85. The van der Waals surface area contributed by atoms with Gasteiger partial charge in [0.15, 0.2) is 0 Å². The second-order valence-corrected chi connectivity index (χ2v) is 4.44. The van der Waals surface area contributed by atoms with E-state index in [2.05, 4.69) is 5.32 Å². The van der Waals surface area contributed by atoms with Crippen molar-refractivity contribution in [3.63, 3.8) is 0 Å². The molecule has 2 aromatic rings. The fourth-order valence-corrected chi connectivity index (χ4v) is 1.74. The second kappa shape index (κ2) is 5.54. The van der Waals surface area contributed by atoms with Crippen molar-refractivity contribution in [1.82, 2.24) is 5.32 Å². The molecule has 94 valence electrons. The van der Waals surface area contributed by atoms with Crippen LogP contribution in [0, 0.1) is 13.8 Å². The highest BCUT2D eigenvalue weighted by Crippen LogP contribution is 2.09. The number of aryl methyl sites for hydroxylation is 2. The second-order valence-electron chi connectivity index (χ2n) is 4.44. The minimum atomic E-state index is -0.0263. The normalized spacial score (nSPS) is 10.3. The summed E-state index contributed by atoms with van der Waals surface area (Å²) in [7, 11) is 0. The molecule has 0 spiro atoms. The predicted molar refractivity (Wildman–Crippen MR) is 70.7 cm³/mol. The van der Waals surface area contributed by atoms with E-state index in [-0.39, 0.29) is 5.91 Å². The molecule has 0 radical (unpaired) electrons. The van der Waals surface area contributed by atoms with E-state index in [0.717, 1.165) is 17.5 Å². The molecule has 1 aromatic carbocycles. The molecular weight excluding hydrogens is 226 g/mol. The topological polar surface area (TPSA) is 42.2 Å². The highest BCUT2D eigenvalue weighted by atomic mass is 16.3. The molecule has 1 amide bonds. The van der Waals surface area contributed by atoms with Gasteiger partial charge in [0.25, 0.3) is 5.91 Å². The molecule has 0 atom stereocenters. The summed E-state index contributed by atoms with van der Waals surface area (Å²) in [5.41, 5.74) is 4.14. The zero-order valence-corrected chi connectivity index (χ0v) is 10.7. The number of carbonyl (C=O) groups is 1. The molecule has 0 aliphatic carbocycles. The Morgan fingerprint density at radius 1 is 1.22 bits per heavy atom. The fourth-order valence-electron chi connectivity index (χ4n) is 1.74. The fraction of sp³-hybridized carbons (Fsp3) is 0.267. The Morgan fingerprint density at radius 2 is 2.06 bits per heavy atom. The third kappa shape index (κ3) is 3.00. The van der Waals surface area contributed by atoms with Crippen molar-refractivity contribution in [2.75, 3.05) is 6.54 Å². The Labute approximate surface area is 107 Å². The van der Waals surface area contributed by atoms with Crippen molar-refractivity contribution < 1.29 is 9.21 Å². The van der Waals surface area contributed by atoms with E-state index in [1.54, 1.807) is 12.5 Å². The van der Waals surface area contributed by atoms with Gasteiger partial charge in [-0.1, -0.05) is 6.07 Å². The maximum atomic E-state index is 11.9. The lowest BCUT2D eigenvalue weighted by Crippen LogP contribution is -2.25. The minimum Gasteiger partial charge on any atom is -0.472 e. The first kappa shape index (κ1) is 12.4. The summed E-state index contributed by atoms with van der Waals surface area (Å²) in [6.45, 7) is 4.67. The first-order chi connectivity index (χ1) is 8.66. The van der Waals surface area contributed by atoms with Gasteiger partial charge in [0.1, 0.15) is 0 Å². The van der Waals surface area contributed by atoms with Crippen molar-refractivity contribution in [3.05, 3.63) is 59.0 Å². The van der Waals surface area contributed by atoms with Crippen molar-refractivity contribution >= 4 is 5.91 Å². The Bertz CT molecular complexity index is 529. The standard InChI is InChI=1S/C15H17NO2/c1-11-3-4-14(9-12(11)2)15(17)16-7-5-13-6-8-18-10-13/h3-4,6,8-10H,5,7H2,1-2H3,(H,16,17). The third-order valence-corrected chi connectivity index (χ3v) is 3.05. The lowest BCUT2D eigenvalue weighted by Gasteiger charge is -2.06. The number of furan rings is 1. The first-order valence-corrected chi connectivity index (χ1v) is 6.03. The minimum absolute atomic E-state index is 0.0263. The van der Waals surface area contributed by atoms with Gasteiger partial charge in [0.05, 0.1) is 12.5 Å². The largest absolute Gasteiger partial charge is 0.472 e. The summed E-state index contributed by atoms with van der Waals surface area (Å²) in [4.78, 5) is 11.9. The molecule has 0 saturated carbocycles. The van der Waals surface area contributed by atoms with Gasteiger partial charge in [-0.15, -0.1) is 0 Å². The molecule has 0 aliphatic heterocycles. The molecule has 0 fully saturated rings. The summed E-state index contributed by atoms with van der Waals surface area (Å²) in [6.07, 6.45) is 4.12. The van der Waals surface area contributed by atoms with Crippen LogP contribution in [0.5, 0.6) is 0 Å². The summed E-state index contributed by atoms with van der Waals surface area (Å²) in [5.74, 6) is -0.0263. The van der Waals surface area contributed by atoms with E-state index in [4.69, 9.17) is 4.42 Å². The van der Waals surface area contributed by atoms with E-state index in [9.17, 15) is 4.79 Å². The van der Waals surface area contributed by atoms with Gasteiger partial charge in [0, 0.05) is 12.1 Å². The van der Waals surface area contributed by atoms with Crippen LogP contribution in [0.4, 0.5) is 0 Å². The van der Waals surface area contributed by atoms with Crippen LogP contribution in [-0.4, -0.2) is 12.5 Å². The van der Waals surface area contributed by atoms with E-state index in [1.165, 1.54) is 5.56 Å². The first-order valence-electron chi connectivity index (χ1n) is 6.03. The molecule has 0 unspecified atom stereocenters. The zero-order valence-electron chi connectivity index (χ0n) is 10.7. The summed E-state index contributed by atoms with van der Waals surface area (Å²) in [5, 5.41) is 2.90. The van der Waals surface area contributed by atoms with Gasteiger partial charge >= 0.3 is 0 Å². The summed E-state index contributed by atoms with van der Waals surface area (Å²) >= 11 is 0. The van der Waals surface area contributed by atoms with Gasteiger partial charge in [0.2, 0.25) is 0 Å². The van der Waals surface area contributed by atoms with Crippen LogP contribution in [0.15, 0.2) is 41.2 Å². The number of amides is 1. The van der Waals surface area contributed by atoms with Crippen molar-refractivity contribution in [2.45, 2.75) is 20.3 Å². The van der Waals surface area contributed by atoms with E-state index in [0.29, 0.717) is 12.1 Å². The molecule has 18 heavy (non-hydrogen) atoms. The molecule has 3 nitrogen and oxygen atoms in total. The van der Waals surface area contributed by atoms with Crippen molar-refractivity contribution in [2.24, 2.45) is 0 Å². The number of hydrogen-bond donors (Lipinski definition) is 1. The number of carbonyl (C=O) groups excluding carboxylic acids is 1. The van der Waals surface area contributed by atoms with E-state index < -0.39 is 0 Å². The predicted octanol–water partition coefficient (Wildman–Crippen LogP) is 2.87. The molecule has 2 rings (SSSR count). The maximum Gasteiger partial charge on any atom is 0.251 e. The Balaban J connectivity index is 1.89. The third-order valence-electron chi connectivity index (χ3n) is 3.05. The van der Waals surface area contributed by atoms with Crippen LogP contribution in [0.25, 0.3) is 0 Å². The SMILES string of the molecule is Cc1ccc(C(=O)NCCc2ccoc2)cc1C. The summed E-state index contributed by atoms with van der Waals surface area (Å²) < 4.78 is 4.97. The lowest BCUT2D eigenvalue weighted by atomic mass is 10.1. The number of hydrogen-bond acceptors (Lipinski definition) is 2. The molecule has 0 aliphatic rings. The zero-order chi connectivity index (χ0) is 13.0. The number of benzene rings is 1. The molecular formula is C15H17NO2. The van der Waals surface area contributed by atoms with Gasteiger partial charge in [-0.25, -0.2) is 0 Å². The van der Waals surface area contributed by atoms with Gasteiger partial charge in [-0.3, -0.25) is 4.79 Å². The van der Waals surface area contributed by atoms with E-state index in [1.807, 2.05) is 38.1 Å². The van der Waals surface area contributed by atoms with Crippen LogP contribution in [-0.2, 0) is 6.42 Å². The Morgan fingerprint density at radius 3 is 2.72 bits per heavy atom. The van der Waals surface area contributed by atoms with Gasteiger partial charge < -0.3 is 9.73 Å². The lowest BCUT2D eigenvalue weighted by molar-refractivity contribution is 0.0954. The molecule has 1 aromatic heterocycles. The monoisotopic (exact) mass is 243 g/mol. The smallest absolute Gasteiger partial charge is 0.251 e. The van der Waals surface area contributed by atoms with Crippen LogP contribution in [0.1, 0.15) is 27.0 Å². The van der Waals surface area contributed by atoms with E-state index >= 15 is 0 Å². The maximum absolute atomic E-state index is 11.9. The molecule has 3 heteroatoms.